The number of fused-ring (bicyclic) bond motifs is 1. The second-order valence-corrected chi connectivity index (χ2v) is 4.54. The standard InChI is InChI=1S/C10H7N5O3S/c1-14-9(15(16)17)12-8(13-14)19-10-11-6-4-2-3-5-7(6)18-10/h2-5H,1H3. The molecule has 96 valence electrons. The van der Waals surface area contributed by atoms with Gasteiger partial charge in [0.1, 0.15) is 5.52 Å². The van der Waals surface area contributed by atoms with Crippen LogP contribution >= 0.6 is 11.8 Å². The Labute approximate surface area is 110 Å². The van der Waals surface area contributed by atoms with Crippen molar-refractivity contribution in [3.05, 3.63) is 34.4 Å². The molecule has 0 N–H and O–H groups in total. The van der Waals surface area contributed by atoms with E-state index in [1.54, 1.807) is 6.07 Å². The predicted octanol–water partition coefficient (Wildman–Crippen LogP) is 2.02. The van der Waals surface area contributed by atoms with E-state index < -0.39 is 4.92 Å². The average molecular weight is 277 g/mol. The van der Waals surface area contributed by atoms with E-state index >= 15 is 0 Å². The SMILES string of the molecule is Cn1nc(Sc2nc3ccccc3o2)nc1[N+](=O)[O-]. The molecule has 0 spiro atoms. The minimum absolute atomic E-state index is 0.223. The van der Waals surface area contributed by atoms with Crippen molar-refractivity contribution in [3.8, 4) is 0 Å². The van der Waals surface area contributed by atoms with Crippen LogP contribution in [-0.2, 0) is 7.05 Å². The highest BCUT2D eigenvalue weighted by molar-refractivity contribution is 7.98. The van der Waals surface area contributed by atoms with E-state index in [0.29, 0.717) is 10.8 Å². The summed E-state index contributed by atoms with van der Waals surface area (Å²) in [5.41, 5.74) is 1.37. The number of hydrogen-bond acceptors (Lipinski definition) is 7. The fourth-order valence-electron chi connectivity index (χ4n) is 1.53. The molecule has 3 aromatic rings. The molecule has 2 aromatic heterocycles. The van der Waals surface area contributed by atoms with E-state index in [1.807, 2.05) is 18.2 Å². The van der Waals surface area contributed by atoms with Gasteiger partial charge in [0.05, 0.1) is 7.05 Å². The monoisotopic (exact) mass is 277 g/mol. The van der Waals surface area contributed by atoms with Crippen molar-refractivity contribution in [2.75, 3.05) is 0 Å². The lowest BCUT2D eigenvalue weighted by Crippen LogP contribution is -1.98. The van der Waals surface area contributed by atoms with Crippen LogP contribution < -0.4 is 0 Å². The molecule has 0 radical (unpaired) electrons. The van der Waals surface area contributed by atoms with Crippen molar-refractivity contribution in [2.24, 2.45) is 7.05 Å². The number of aryl methyl sites for hydroxylation is 1. The van der Waals surface area contributed by atoms with Crippen LogP contribution in [0.5, 0.6) is 0 Å². The summed E-state index contributed by atoms with van der Waals surface area (Å²) < 4.78 is 6.58. The third kappa shape index (κ3) is 2.15. The highest BCUT2D eigenvalue weighted by Crippen LogP contribution is 2.28. The Morgan fingerprint density at radius 2 is 2.16 bits per heavy atom. The summed E-state index contributed by atoms with van der Waals surface area (Å²) in [6.45, 7) is 0. The number of nitrogens with zero attached hydrogens (tertiary/aromatic N) is 5. The Morgan fingerprint density at radius 1 is 1.37 bits per heavy atom. The van der Waals surface area contributed by atoms with Crippen molar-refractivity contribution >= 4 is 28.8 Å². The van der Waals surface area contributed by atoms with Gasteiger partial charge >= 0.3 is 11.1 Å². The number of para-hydroxylation sites is 2. The molecule has 1 aromatic carbocycles. The molecule has 0 atom stereocenters. The molecular formula is C10H7N5O3S. The lowest BCUT2D eigenvalue weighted by molar-refractivity contribution is -0.397. The van der Waals surface area contributed by atoms with Gasteiger partial charge in [0, 0.05) is 11.8 Å². The minimum Gasteiger partial charge on any atom is -0.431 e. The van der Waals surface area contributed by atoms with Gasteiger partial charge in [-0.1, -0.05) is 17.2 Å². The normalized spacial score (nSPS) is 11.0. The fourth-order valence-corrected chi connectivity index (χ4v) is 2.25. The first kappa shape index (κ1) is 11.7. The topological polar surface area (TPSA) is 99.9 Å². The van der Waals surface area contributed by atoms with E-state index in [4.69, 9.17) is 4.42 Å². The molecule has 0 unspecified atom stereocenters. The number of benzene rings is 1. The van der Waals surface area contributed by atoms with Crippen LogP contribution in [0.2, 0.25) is 0 Å². The molecule has 0 aliphatic carbocycles. The van der Waals surface area contributed by atoms with Crippen LogP contribution in [0.15, 0.2) is 39.1 Å². The maximum Gasteiger partial charge on any atom is 0.456 e. The van der Waals surface area contributed by atoms with Gasteiger partial charge in [-0.05, 0) is 22.0 Å². The van der Waals surface area contributed by atoms with E-state index in [0.717, 1.165) is 22.0 Å². The van der Waals surface area contributed by atoms with Crippen molar-refractivity contribution in [2.45, 2.75) is 10.4 Å². The lowest BCUT2D eigenvalue weighted by Gasteiger charge is -1.88. The fraction of sp³-hybridized carbons (Fsp3) is 0.100. The summed E-state index contributed by atoms with van der Waals surface area (Å²) >= 11 is 1.04. The highest BCUT2D eigenvalue weighted by atomic mass is 32.2. The zero-order valence-corrected chi connectivity index (χ0v) is 10.5. The van der Waals surface area contributed by atoms with Crippen molar-refractivity contribution < 1.29 is 9.34 Å². The largest absolute Gasteiger partial charge is 0.456 e. The summed E-state index contributed by atoms with van der Waals surface area (Å²) in [6.07, 6.45) is 0. The van der Waals surface area contributed by atoms with Gasteiger partial charge in [-0.25, -0.2) is 4.98 Å². The Morgan fingerprint density at radius 3 is 2.84 bits per heavy atom. The molecule has 0 amide bonds. The third-order valence-corrected chi connectivity index (χ3v) is 3.04. The van der Waals surface area contributed by atoms with Gasteiger partial charge in [0.15, 0.2) is 5.58 Å². The zero-order valence-electron chi connectivity index (χ0n) is 9.68. The highest BCUT2D eigenvalue weighted by Gasteiger charge is 2.21. The maximum atomic E-state index is 10.7. The van der Waals surface area contributed by atoms with Gasteiger partial charge in [-0.15, -0.1) is 4.68 Å². The van der Waals surface area contributed by atoms with Crippen molar-refractivity contribution in [1.29, 1.82) is 0 Å². The first-order chi connectivity index (χ1) is 9.13. The average Bonchev–Trinajstić information content (AvgIpc) is 2.92. The molecule has 19 heavy (non-hydrogen) atoms. The lowest BCUT2D eigenvalue weighted by atomic mass is 10.3. The molecule has 0 saturated carbocycles. The second kappa shape index (κ2) is 4.35. The zero-order chi connectivity index (χ0) is 13.4. The Balaban J connectivity index is 1.92. The van der Waals surface area contributed by atoms with Crippen molar-refractivity contribution in [1.82, 2.24) is 19.7 Å². The molecule has 0 aliphatic rings. The van der Waals surface area contributed by atoms with Crippen LogP contribution in [0.1, 0.15) is 0 Å². The van der Waals surface area contributed by atoms with Gasteiger partial charge in [0.25, 0.3) is 5.22 Å². The van der Waals surface area contributed by atoms with Crippen LogP contribution in [0.4, 0.5) is 5.95 Å². The van der Waals surface area contributed by atoms with Crippen LogP contribution in [0, 0.1) is 10.1 Å². The second-order valence-electron chi connectivity index (χ2n) is 3.62. The minimum atomic E-state index is -0.594. The number of rotatable bonds is 3. The van der Waals surface area contributed by atoms with Gasteiger partial charge in [0.2, 0.25) is 0 Å². The number of aromatic nitrogens is 4. The first-order valence-electron chi connectivity index (χ1n) is 5.22. The van der Waals surface area contributed by atoms with Gasteiger partial charge in [-0.3, -0.25) is 0 Å². The third-order valence-electron chi connectivity index (χ3n) is 2.34. The Bertz CT molecular complexity index is 732. The van der Waals surface area contributed by atoms with Crippen LogP contribution in [-0.4, -0.2) is 24.7 Å². The number of hydrogen-bond donors (Lipinski definition) is 0. The van der Waals surface area contributed by atoms with Crippen molar-refractivity contribution in [3.63, 3.8) is 0 Å². The van der Waals surface area contributed by atoms with Gasteiger partial charge < -0.3 is 14.5 Å². The summed E-state index contributed by atoms with van der Waals surface area (Å²) in [5.74, 6) is -0.321. The summed E-state index contributed by atoms with van der Waals surface area (Å²) in [7, 11) is 1.46. The van der Waals surface area contributed by atoms with Gasteiger partial charge in [-0.2, -0.15) is 0 Å². The molecule has 2 heterocycles. The van der Waals surface area contributed by atoms with E-state index in [-0.39, 0.29) is 11.1 Å². The number of oxazole rings is 1. The molecule has 0 fully saturated rings. The Hall–Kier alpha value is -2.42. The molecular weight excluding hydrogens is 270 g/mol. The number of nitro groups is 1. The summed E-state index contributed by atoms with van der Waals surface area (Å²) in [6, 6.07) is 7.30. The molecule has 3 rings (SSSR count). The molecule has 9 heteroatoms. The van der Waals surface area contributed by atoms with E-state index in [1.165, 1.54) is 7.05 Å². The maximum absolute atomic E-state index is 10.7. The quantitative estimate of drug-likeness (QED) is 0.533. The first-order valence-corrected chi connectivity index (χ1v) is 6.04. The summed E-state index contributed by atoms with van der Waals surface area (Å²) in [4.78, 5) is 18.1. The smallest absolute Gasteiger partial charge is 0.431 e. The van der Waals surface area contributed by atoms with Crippen LogP contribution in [0.3, 0.4) is 0 Å². The van der Waals surface area contributed by atoms with E-state index in [2.05, 4.69) is 15.1 Å². The molecule has 0 aliphatic heterocycles. The van der Waals surface area contributed by atoms with E-state index in [9.17, 15) is 10.1 Å². The molecule has 0 bridgehead atoms. The predicted molar refractivity (Wildman–Crippen MR) is 65.8 cm³/mol. The summed E-state index contributed by atoms with van der Waals surface area (Å²) in [5, 5.41) is 15.2. The van der Waals surface area contributed by atoms with Crippen LogP contribution in [0.25, 0.3) is 11.1 Å². The molecule has 8 nitrogen and oxygen atoms in total. The Kier molecular flexibility index (Phi) is 2.67. The molecule has 0 saturated heterocycles.